The van der Waals surface area contributed by atoms with Gasteiger partial charge >= 0.3 is 5.97 Å². The minimum atomic E-state index is -0.864. The van der Waals surface area contributed by atoms with Crippen LogP contribution in [0, 0.1) is 6.92 Å². The zero-order chi connectivity index (χ0) is 14.5. The fraction of sp³-hybridized carbons (Fsp3) is 0.200. The molecule has 0 bridgehead atoms. The molecule has 20 heavy (non-hydrogen) atoms. The highest BCUT2D eigenvalue weighted by Gasteiger charge is 2.11. The van der Waals surface area contributed by atoms with E-state index in [0.717, 1.165) is 5.56 Å². The Bertz CT molecular complexity index is 630. The number of hydrogen-bond acceptors (Lipinski definition) is 3. The molecular weight excluding hydrogens is 258 g/mol. The van der Waals surface area contributed by atoms with Gasteiger partial charge in [-0.3, -0.25) is 9.59 Å². The summed E-state index contributed by atoms with van der Waals surface area (Å²) in [6, 6.07) is 8.81. The van der Waals surface area contributed by atoms with E-state index in [1.165, 1.54) is 6.26 Å². The van der Waals surface area contributed by atoms with Gasteiger partial charge in [-0.1, -0.05) is 18.2 Å². The number of hydrogen-bond donors (Lipinski definition) is 2. The smallest absolute Gasteiger partial charge is 0.303 e. The maximum Gasteiger partial charge on any atom is 0.303 e. The highest BCUT2D eigenvalue weighted by molar-refractivity contribution is 6.04. The molecule has 0 unspecified atom stereocenters. The van der Waals surface area contributed by atoms with Crippen molar-refractivity contribution in [3.05, 3.63) is 53.5 Å². The van der Waals surface area contributed by atoms with E-state index in [2.05, 4.69) is 5.32 Å². The fourth-order valence-electron chi connectivity index (χ4n) is 1.86. The molecule has 0 saturated carbocycles. The molecule has 0 fully saturated rings. The van der Waals surface area contributed by atoms with Crippen molar-refractivity contribution < 1.29 is 19.1 Å². The first-order chi connectivity index (χ1) is 9.56. The van der Waals surface area contributed by atoms with Gasteiger partial charge in [-0.05, 0) is 31.0 Å². The summed E-state index contributed by atoms with van der Waals surface area (Å²) in [6.45, 7) is 1.76. The molecule has 104 valence electrons. The van der Waals surface area contributed by atoms with Crippen molar-refractivity contribution in [3.63, 3.8) is 0 Å². The fourth-order valence-corrected chi connectivity index (χ4v) is 1.86. The van der Waals surface area contributed by atoms with Gasteiger partial charge < -0.3 is 14.8 Å². The summed E-state index contributed by atoms with van der Waals surface area (Å²) in [7, 11) is 0. The number of carbonyl (C=O) groups excluding carboxylic acids is 1. The van der Waals surface area contributed by atoms with E-state index in [1.54, 1.807) is 31.2 Å². The van der Waals surface area contributed by atoms with Crippen molar-refractivity contribution in [2.75, 3.05) is 5.32 Å². The van der Waals surface area contributed by atoms with Crippen molar-refractivity contribution >= 4 is 17.6 Å². The summed E-state index contributed by atoms with van der Waals surface area (Å²) in [5, 5.41) is 11.5. The van der Waals surface area contributed by atoms with Gasteiger partial charge in [0.25, 0.3) is 5.91 Å². The molecule has 0 saturated heterocycles. The van der Waals surface area contributed by atoms with Crippen molar-refractivity contribution in [1.82, 2.24) is 0 Å². The second kappa shape index (κ2) is 6.06. The van der Waals surface area contributed by atoms with Crippen LogP contribution in [0.5, 0.6) is 0 Å². The monoisotopic (exact) mass is 273 g/mol. The van der Waals surface area contributed by atoms with Crippen molar-refractivity contribution in [1.29, 1.82) is 0 Å². The van der Waals surface area contributed by atoms with Gasteiger partial charge in [0.1, 0.15) is 12.0 Å². The summed E-state index contributed by atoms with van der Waals surface area (Å²) in [6.07, 6.45) is 1.79. The van der Waals surface area contributed by atoms with Crippen LogP contribution in [0.15, 0.2) is 41.0 Å². The van der Waals surface area contributed by atoms with Crippen LogP contribution < -0.4 is 5.32 Å². The average Bonchev–Trinajstić information content (AvgIpc) is 2.84. The highest BCUT2D eigenvalue weighted by atomic mass is 16.4. The molecule has 0 radical (unpaired) electrons. The Kier molecular flexibility index (Phi) is 4.20. The van der Waals surface area contributed by atoms with E-state index in [0.29, 0.717) is 23.4 Å². The summed E-state index contributed by atoms with van der Waals surface area (Å²) in [4.78, 5) is 22.7. The molecule has 5 nitrogen and oxygen atoms in total. The normalized spacial score (nSPS) is 10.2. The number of carboxylic acids is 1. The van der Waals surface area contributed by atoms with Crippen LogP contribution in [0.4, 0.5) is 5.69 Å². The molecule has 0 aliphatic heterocycles. The molecule has 0 atom stereocenters. The van der Waals surface area contributed by atoms with Crippen molar-refractivity contribution in [2.24, 2.45) is 0 Å². The zero-order valence-electron chi connectivity index (χ0n) is 11.1. The Hall–Kier alpha value is -2.56. The van der Waals surface area contributed by atoms with Gasteiger partial charge in [0.15, 0.2) is 0 Å². The van der Waals surface area contributed by atoms with Crippen LogP contribution in [0.25, 0.3) is 0 Å². The van der Waals surface area contributed by atoms with Crippen LogP contribution in [-0.4, -0.2) is 17.0 Å². The molecular formula is C15H15NO4. The Morgan fingerprint density at radius 2 is 2.05 bits per heavy atom. The molecule has 2 rings (SSSR count). The van der Waals surface area contributed by atoms with Crippen LogP contribution in [0.2, 0.25) is 0 Å². The number of aliphatic carboxylic acids is 1. The number of amides is 1. The molecule has 0 spiro atoms. The molecule has 0 aliphatic rings. The Morgan fingerprint density at radius 1 is 1.30 bits per heavy atom. The molecule has 0 aliphatic carbocycles. The number of carboxylic acid groups (broad SMARTS) is 1. The first kappa shape index (κ1) is 13.9. The number of aryl methyl sites for hydroxylation is 2. The largest absolute Gasteiger partial charge is 0.481 e. The Morgan fingerprint density at radius 3 is 2.70 bits per heavy atom. The van der Waals surface area contributed by atoms with Gasteiger partial charge in [0.05, 0.1) is 5.56 Å². The number of benzene rings is 1. The molecule has 2 aromatic rings. The third-order valence-electron chi connectivity index (χ3n) is 2.87. The third-order valence-corrected chi connectivity index (χ3v) is 2.87. The van der Waals surface area contributed by atoms with Crippen LogP contribution >= 0.6 is 0 Å². The second-order valence-corrected chi connectivity index (χ2v) is 4.45. The lowest BCUT2D eigenvalue weighted by molar-refractivity contribution is -0.136. The van der Waals surface area contributed by atoms with E-state index in [9.17, 15) is 9.59 Å². The third kappa shape index (κ3) is 3.47. The number of rotatable bonds is 5. The molecule has 1 aromatic carbocycles. The van der Waals surface area contributed by atoms with Gasteiger partial charge in [-0.25, -0.2) is 0 Å². The Labute approximate surface area is 116 Å². The second-order valence-electron chi connectivity index (χ2n) is 4.45. The number of furan rings is 1. The topological polar surface area (TPSA) is 79.5 Å². The van der Waals surface area contributed by atoms with Crippen molar-refractivity contribution in [2.45, 2.75) is 19.8 Å². The lowest BCUT2D eigenvalue weighted by atomic mass is 10.1. The molecule has 1 amide bonds. The van der Waals surface area contributed by atoms with Gasteiger partial charge in [0.2, 0.25) is 0 Å². The summed E-state index contributed by atoms with van der Waals surface area (Å²) >= 11 is 0. The number of carbonyl (C=O) groups is 2. The SMILES string of the molecule is Cc1cc(C(=O)Nc2ccccc2CCC(=O)O)co1. The predicted molar refractivity (Wildman–Crippen MR) is 73.8 cm³/mol. The minimum absolute atomic E-state index is 0.0255. The van der Waals surface area contributed by atoms with Crippen LogP contribution in [0.3, 0.4) is 0 Å². The van der Waals surface area contributed by atoms with Gasteiger partial charge in [0, 0.05) is 12.1 Å². The van der Waals surface area contributed by atoms with Gasteiger partial charge in [-0.2, -0.15) is 0 Å². The van der Waals surface area contributed by atoms with E-state index in [-0.39, 0.29) is 12.3 Å². The van der Waals surface area contributed by atoms with Crippen molar-refractivity contribution in [3.8, 4) is 0 Å². The maximum atomic E-state index is 12.0. The standard InChI is InChI=1S/C15H15NO4/c1-10-8-12(9-20-10)15(19)16-13-5-3-2-4-11(13)6-7-14(17)18/h2-5,8-9H,6-7H2,1H3,(H,16,19)(H,17,18). The number of nitrogens with one attached hydrogen (secondary N) is 1. The lowest BCUT2D eigenvalue weighted by Gasteiger charge is -2.09. The van der Waals surface area contributed by atoms with E-state index >= 15 is 0 Å². The Balaban J connectivity index is 2.12. The first-order valence-corrected chi connectivity index (χ1v) is 6.22. The lowest BCUT2D eigenvalue weighted by Crippen LogP contribution is -2.12. The minimum Gasteiger partial charge on any atom is -0.481 e. The maximum absolute atomic E-state index is 12.0. The number of para-hydroxylation sites is 1. The molecule has 1 aromatic heterocycles. The summed E-state index contributed by atoms with van der Waals surface area (Å²) in [5.41, 5.74) is 1.86. The average molecular weight is 273 g/mol. The van der Waals surface area contributed by atoms with E-state index in [1.807, 2.05) is 6.07 Å². The van der Waals surface area contributed by atoms with E-state index in [4.69, 9.17) is 9.52 Å². The molecule has 1 heterocycles. The van der Waals surface area contributed by atoms with Crippen LogP contribution in [0.1, 0.15) is 28.1 Å². The number of anilines is 1. The zero-order valence-corrected chi connectivity index (χ0v) is 11.1. The molecule has 5 heteroatoms. The quantitative estimate of drug-likeness (QED) is 0.877. The molecule has 2 N–H and O–H groups in total. The van der Waals surface area contributed by atoms with Crippen LogP contribution in [-0.2, 0) is 11.2 Å². The first-order valence-electron chi connectivity index (χ1n) is 6.22. The summed E-state index contributed by atoms with van der Waals surface area (Å²) in [5.74, 6) is -0.476. The van der Waals surface area contributed by atoms with E-state index < -0.39 is 5.97 Å². The summed E-state index contributed by atoms with van der Waals surface area (Å²) < 4.78 is 5.09. The van der Waals surface area contributed by atoms with Gasteiger partial charge in [-0.15, -0.1) is 0 Å². The highest BCUT2D eigenvalue weighted by Crippen LogP contribution is 2.18. The predicted octanol–water partition coefficient (Wildman–Crippen LogP) is 2.86.